The zero-order valence-corrected chi connectivity index (χ0v) is 44.2. The molecule has 0 radical (unpaired) electrons. The molecular weight excluding hydrogens is 896 g/mol. The van der Waals surface area contributed by atoms with Gasteiger partial charge in [-0.15, -0.1) is 0 Å². The fraction of sp³-hybridized carbons (Fsp3) is 0.516. The molecule has 0 bridgehead atoms. The van der Waals surface area contributed by atoms with Crippen molar-refractivity contribution in [2.45, 2.75) is 155 Å². The molecule has 72 heavy (non-hydrogen) atoms. The van der Waals surface area contributed by atoms with Gasteiger partial charge >= 0.3 is 30.8 Å². The first-order valence-electron chi connectivity index (χ1n) is 25.7. The zero-order chi connectivity index (χ0) is 50.4. The average Bonchev–Trinajstić information content (AvgIpc) is 3.30. The third-order valence-electron chi connectivity index (χ3n) is 14.6. The van der Waals surface area contributed by atoms with Crippen LogP contribution in [0.25, 0.3) is 0 Å². The Morgan fingerprint density at radius 3 is 1.42 bits per heavy atom. The van der Waals surface area contributed by atoms with Gasteiger partial charge in [0.15, 0.2) is 0 Å². The van der Waals surface area contributed by atoms with E-state index in [-0.39, 0.29) is 65.2 Å². The zero-order valence-electron chi connectivity index (χ0n) is 44.2. The van der Waals surface area contributed by atoms with E-state index in [1.54, 1.807) is 0 Å². The summed E-state index contributed by atoms with van der Waals surface area (Å²) in [5.74, 6) is 11.8. The number of carbonyl (C=O) groups excluding carboxylic acids is 1. The molecule has 0 aliphatic heterocycles. The molecule has 4 fully saturated rings. The van der Waals surface area contributed by atoms with Gasteiger partial charge in [0.1, 0.15) is 18.8 Å². The molecule has 4 atom stereocenters. The van der Waals surface area contributed by atoms with Gasteiger partial charge in [-0.1, -0.05) is 172 Å². The van der Waals surface area contributed by atoms with Crippen LogP contribution in [0.3, 0.4) is 0 Å². The summed E-state index contributed by atoms with van der Waals surface area (Å²) in [7, 11) is 0. The number of benzene rings is 2. The van der Waals surface area contributed by atoms with E-state index in [9.17, 15) is 19.8 Å². The van der Waals surface area contributed by atoms with Crippen LogP contribution in [0.15, 0.2) is 133 Å². The summed E-state index contributed by atoms with van der Waals surface area (Å²) in [5.41, 5.74) is 3.82. The van der Waals surface area contributed by atoms with Gasteiger partial charge in [-0.3, -0.25) is 0 Å². The van der Waals surface area contributed by atoms with E-state index in [1.165, 1.54) is 30.4 Å². The fourth-order valence-corrected chi connectivity index (χ4v) is 9.92. The molecule has 0 heterocycles. The van der Waals surface area contributed by atoms with E-state index in [0.717, 1.165) is 81.8 Å². The van der Waals surface area contributed by atoms with E-state index in [2.05, 4.69) is 61.8 Å². The Kier molecular flexibility index (Phi) is 26.1. The molecule has 4 aliphatic carbocycles. The summed E-state index contributed by atoms with van der Waals surface area (Å²) in [6, 6.07) is 20.0. The van der Waals surface area contributed by atoms with Crippen LogP contribution in [0.5, 0.6) is 0 Å². The molecule has 0 spiro atoms. The molecule has 384 valence electrons. The molecule has 2 aromatic rings. The number of aliphatic carboxylic acids is 1. The molecule has 0 amide bonds. The summed E-state index contributed by atoms with van der Waals surface area (Å²) < 4.78 is 16.1. The van der Waals surface area contributed by atoms with E-state index >= 15 is 0 Å². The topological polar surface area (TPSA) is 153 Å². The molecule has 2 aromatic carbocycles. The first-order valence-corrected chi connectivity index (χ1v) is 25.7. The molecular formula is C62H81LiO9. The molecule has 4 N–H and O–H groups in total. The third-order valence-corrected chi connectivity index (χ3v) is 14.6. The minimum atomic E-state index is -0.946. The molecule has 9 nitrogen and oxygen atoms in total. The number of hydrogen-bond donors (Lipinski definition) is 3. The van der Waals surface area contributed by atoms with Crippen LogP contribution in [0.4, 0.5) is 0 Å². The predicted octanol–water partition coefficient (Wildman–Crippen LogP) is 9.44. The van der Waals surface area contributed by atoms with E-state index in [1.807, 2.05) is 118 Å². The van der Waals surface area contributed by atoms with Crippen molar-refractivity contribution < 1.29 is 63.5 Å². The predicted molar refractivity (Wildman–Crippen MR) is 283 cm³/mol. The van der Waals surface area contributed by atoms with Crippen LogP contribution in [0.2, 0.25) is 0 Å². The monoisotopic (exact) mass is 977 g/mol. The summed E-state index contributed by atoms with van der Waals surface area (Å²) in [6.07, 6.45) is 36.2. The van der Waals surface area contributed by atoms with Crippen molar-refractivity contribution in [1.82, 2.24) is 0 Å². The summed E-state index contributed by atoms with van der Waals surface area (Å²) in [6.45, 7) is 10.5. The quantitative estimate of drug-likeness (QED) is 0.0331. The van der Waals surface area contributed by atoms with Crippen molar-refractivity contribution in [2.24, 2.45) is 21.7 Å². The van der Waals surface area contributed by atoms with Crippen molar-refractivity contribution in [3.63, 3.8) is 0 Å². The largest absolute Gasteiger partial charge is 1.00 e. The number of aliphatic hydroxyl groups is 2. The van der Waals surface area contributed by atoms with Gasteiger partial charge in [-0.25, -0.2) is 9.59 Å². The smallest absolute Gasteiger partial charge is 0.870 e. The normalized spacial score (nSPS) is 23.2. The second-order valence-corrected chi connectivity index (χ2v) is 21.2. The number of carboxylic acid groups (broad SMARTS) is 1. The number of ether oxygens (including phenoxy) is 3. The van der Waals surface area contributed by atoms with Crippen molar-refractivity contribution in [3.8, 4) is 23.7 Å². The molecule has 0 saturated heterocycles. The molecule has 2 unspecified atom stereocenters. The molecule has 4 aliphatic rings. The van der Waals surface area contributed by atoms with Crippen molar-refractivity contribution in [2.75, 3.05) is 26.4 Å². The van der Waals surface area contributed by atoms with Crippen LogP contribution in [0.1, 0.15) is 148 Å². The number of allylic oxidation sites excluding steroid dienone is 8. The first-order chi connectivity index (χ1) is 33.6. The Morgan fingerprint density at radius 1 is 0.625 bits per heavy atom. The average molecular weight is 977 g/mol. The first kappa shape index (κ1) is 61.6. The van der Waals surface area contributed by atoms with Crippen LogP contribution in [-0.4, -0.2) is 77.0 Å². The van der Waals surface area contributed by atoms with Gasteiger partial charge in [-0.2, -0.15) is 0 Å². The SMILES string of the molecule is CC(C)(C)OC(=O)COC/C=C1\CCCC[C@@]1(C)/C=C/C=C/C(O)C1(CC#Cc2ccccc2)CCC1.C[C@@]1(/C=C/C=C/C(O)C2(CC#Cc3ccccc3)CCC2)CCCC/C1=C\COCC(=O)O.[Li+].[OH-]. The van der Waals surface area contributed by atoms with Gasteiger partial charge in [0, 0.05) is 45.6 Å². The van der Waals surface area contributed by atoms with Gasteiger partial charge in [0.2, 0.25) is 0 Å². The van der Waals surface area contributed by atoms with Gasteiger partial charge in [-0.05, 0) is 109 Å². The standard InChI is InChI=1S/C33H44O4.C29H36O4.Li.H2O/c1-31(2,3)37-30(35)26-36-25-19-28-17-8-10-20-32(28,4)21-11-9-18-29(34)33(23-13-24-33)22-12-16-27-14-6-5-7-15-27;1-28(17-7-5-14-25(28)16-22-33-23-27(31)32)18-8-6-15-26(30)29(20-10-21-29)19-9-13-24-11-3-2-4-12-24;;/h5-7,9,11,14-15,18-19,21,29,34H,8,10,13,17,20,22-26H2,1-4H3;2-4,6,8,11-12,15-16,18,26,30H,5,7,10,14,17,19-23H2,1H3,(H,31,32);;1H2/q;;+1;/p-1/b18-9+,21-11+,28-19+;15-6+,18-8+,25-16+;;/t29?,32-;26?,28-;;/m00../s1. The maximum atomic E-state index is 11.9. The molecule has 0 aromatic heterocycles. The second kappa shape index (κ2) is 30.5. The Morgan fingerprint density at radius 2 is 1.04 bits per heavy atom. The molecule has 6 rings (SSSR count). The number of rotatable bonds is 18. The van der Waals surface area contributed by atoms with Gasteiger partial charge in [0.25, 0.3) is 0 Å². The second-order valence-electron chi connectivity index (χ2n) is 21.2. The number of hydrogen-bond acceptors (Lipinski definition) is 8. The minimum Gasteiger partial charge on any atom is -0.870 e. The Labute approximate surface area is 443 Å². The van der Waals surface area contributed by atoms with E-state index in [0.29, 0.717) is 26.1 Å². The Bertz CT molecular complexity index is 2290. The number of esters is 1. The van der Waals surface area contributed by atoms with Crippen molar-refractivity contribution in [1.29, 1.82) is 0 Å². The maximum Gasteiger partial charge on any atom is 1.00 e. The Hall–Kier alpha value is -4.66. The van der Waals surface area contributed by atoms with E-state index < -0.39 is 23.8 Å². The summed E-state index contributed by atoms with van der Waals surface area (Å²) in [5, 5.41) is 30.6. The minimum absolute atomic E-state index is 0. The summed E-state index contributed by atoms with van der Waals surface area (Å²) in [4.78, 5) is 22.5. The van der Waals surface area contributed by atoms with E-state index in [4.69, 9.17) is 19.3 Å². The summed E-state index contributed by atoms with van der Waals surface area (Å²) >= 11 is 0. The number of aliphatic hydroxyl groups excluding tert-OH is 2. The fourth-order valence-electron chi connectivity index (χ4n) is 9.92. The van der Waals surface area contributed by atoms with Gasteiger partial charge in [0.05, 0.1) is 25.4 Å². The van der Waals surface area contributed by atoms with Crippen LogP contribution >= 0.6 is 0 Å². The van der Waals surface area contributed by atoms with Crippen LogP contribution < -0.4 is 18.9 Å². The van der Waals surface area contributed by atoms with Crippen molar-refractivity contribution in [3.05, 3.63) is 144 Å². The Balaban J connectivity index is 0.000000372. The molecule has 4 saturated carbocycles. The number of carboxylic acids is 1. The van der Waals surface area contributed by atoms with Gasteiger partial charge < -0.3 is 35.0 Å². The van der Waals surface area contributed by atoms with Crippen LogP contribution in [0, 0.1) is 45.3 Å². The maximum absolute atomic E-state index is 11.9. The van der Waals surface area contributed by atoms with Crippen molar-refractivity contribution >= 4 is 11.9 Å². The third kappa shape index (κ3) is 20.0. The number of carbonyl (C=O) groups is 2. The van der Waals surface area contributed by atoms with Crippen LogP contribution in [-0.2, 0) is 23.8 Å². The molecule has 10 heteroatoms.